The van der Waals surface area contributed by atoms with Crippen LogP contribution in [0.4, 0.5) is 0 Å². The molecule has 0 fully saturated rings. The summed E-state index contributed by atoms with van der Waals surface area (Å²) in [5.74, 6) is -2.49. The van der Waals surface area contributed by atoms with Gasteiger partial charge in [0, 0.05) is 28.2 Å². The van der Waals surface area contributed by atoms with Gasteiger partial charge in [0.25, 0.3) is 11.1 Å². The van der Waals surface area contributed by atoms with Crippen LogP contribution in [0, 0.1) is 0 Å². The van der Waals surface area contributed by atoms with E-state index in [1.165, 1.54) is 35.9 Å². The molecule has 0 radical (unpaired) electrons. The Balaban J connectivity index is 0. The minimum absolute atomic E-state index is 0.202. The molecule has 0 aliphatic heterocycles. The first-order valence-electron chi connectivity index (χ1n) is 18.0. The molecule has 0 aliphatic carbocycles. The molecule has 0 unspecified atom stereocenters. The summed E-state index contributed by atoms with van der Waals surface area (Å²) in [5, 5.41) is 17.3. The van der Waals surface area contributed by atoms with Crippen LogP contribution in [-0.4, -0.2) is 176 Å². The lowest BCUT2D eigenvalue weighted by atomic mass is 10.5. The van der Waals surface area contributed by atoms with Crippen molar-refractivity contribution in [3.8, 4) is 0 Å². The maximum Gasteiger partial charge on any atom is 0.333 e. The first-order valence-corrected chi connectivity index (χ1v) is 21.5. The van der Waals surface area contributed by atoms with Crippen molar-refractivity contribution in [2.45, 2.75) is 13.1 Å². The third-order valence-corrected chi connectivity index (χ3v) is 8.48. The number of hydrogen-bond acceptors (Lipinski definition) is 15. The zero-order valence-corrected chi connectivity index (χ0v) is 43.2. The van der Waals surface area contributed by atoms with Gasteiger partial charge in [0.05, 0.1) is 125 Å². The van der Waals surface area contributed by atoms with Crippen LogP contribution in [0.2, 0.25) is 0 Å². The van der Waals surface area contributed by atoms with Gasteiger partial charge < -0.3 is 63.5 Å². The minimum atomic E-state index is -5.39. The topological polar surface area (TPSA) is 312 Å². The minimum Gasteiger partial charge on any atom is -0.822 e. The highest BCUT2D eigenvalue weighted by Gasteiger charge is 2.17. The SMILES string of the molecule is C[N+](C)(C)CCOBr.C[N+](C)(C)CCOBr.C[N+](C)(C)CCOBr.Cn1cnc2c1c(=O)n(CC(=O)O)c(=O)n2C.Cn1cnc2c1c(=O)n(CC(=O)O)c(=O)n2C.O=P([O-])([O-])[O-]. The number of quaternary nitrogens is 3. The van der Waals surface area contributed by atoms with Crippen LogP contribution in [0.15, 0.2) is 31.8 Å². The molecule has 362 valence electrons. The monoisotopic (exact) mass is 1120 g/mol. The van der Waals surface area contributed by atoms with Gasteiger partial charge in [-0.15, -0.1) is 0 Å². The molecule has 4 rings (SSSR count). The lowest BCUT2D eigenvalue weighted by Gasteiger charge is -2.36. The maximum atomic E-state index is 11.9. The molecule has 0 aliphatic rings. The molecule has 0 saturated heterocycles. The number of carboxylic acid groups (broad SMARTS) is 2. The molecule has 4 aromatic heterocycles. The van der Waals surface area contributed by atoms with Crippen molar-refractivity contribution >= 4 is 90.9 Å². The Hall–Kier alpha value is -3.45. The molecular weight excluding hydrogens is 1060 g/mol. The van der Waals surface area contributed by atoms with E-state index in [0.717, 1.165) is 62.0 Å². The highest BCUT2D eigenvalue weighted by molar-refractivity contribution is 9.06. The van der Waals surface area contributed by atoms with Crippen LogP contribution in [0.5, 0.6) is 0 Å². The summed E-state index contributed by atoms with van der Waals surface area (Å²) >= 11 is 8.68. The maximum absolute atomic E-state index is 11.9. The Labute approximate surface area is 389 Å². The Kier molecular flexibility index (Phi) is 27.2. The van der Waals surface area contributed by atoms with E-state index in [0.29, 0.717) is 9.13 Å². The van der Waals surface area contributed by atoms with E-state index < -0.39 is 55.3 Å². The molecule has 4 aromatic rings. The molecule has 0 aromatic carbocycles. The Morgan fingerprint density at radius 2 is 0.841 bits per heavy atom. The van der Waals surface area contributed by atoms with Gasteiger partial charge in [-0.05, 0) is 0 Å². The number of hydrogen-bond donors (Lipinski definition) is 2. The van der Waals surface area contributed by atoms with Gasteiger partial charge in [0.2, 0.25) is 0 Å². The fraction of sp³-hybridized carbons (Fsp3) is 0.636. The Morgan fingerprint density at radius 3 is 1.02 bits per heavy atom. The molecule has 26 nitrogen and oxygen atoms in total. The highest BCUT2D eigenvalue weighted by Crippen LogP contribution is 2.04. The summed E-state index contributed by atoms with van der Waals surface area (Å²) in [7, 11) is 19.9. The Bertz CT molecular complexity index is 2170. The second-order valence-corrected chi connectivity index (χ2v) is 18.5. The van der Waals surface area contributed by atoms with E-state index in [-0.39, 0.29) is 22.3 Å². The standard InChI is InChI=1S/2C9H10N4O4.3C5H13BrNO.H3O4P/c2*1-11-4-10-7-6(11)8(16)13(3-5(14)15)9(17)12(7)2;3*1-7(2,3)4-5-8-6;1-5(2,3)4/h2*4H,3H2,1-2H3,(H,14,15);3*4-5H2,1-3H3;(H3,1,2,3,4)/q;;3*+1;/p-3. The van der Waals surface area contributed by atoms with Crippen LogP contribution < -0.4 is 37.2 Å². The number of likely N-dealkylation sites (N-methyl/N-ethyl adjacent to an activating group) is 3. The number of phosphoric acid groups is 1. The van der Waals surface area contributed by atoms with Gasteiger partial charge in [0.1, 0.15) is 52.5 Å². The second kappa shape index (κ2) is 27.8. The number of aryl methyl sites for hydroxylation is 4. The van der Waals surface area contributed by atoms with E-state index in [2.05, 4.69) is 122 Å². The molecule has 2 N–H and O–H groups in total. The number of carbonyl (C=O) groups is 2. The quantitative estimate of drug-likeness (QED) is 0.101. The summed E-state index contributed by atoms with van der Waals surface area (Å²) in [6.07, 6.45) is 2.80. The molecule has 63 heavy (non-hydrogen) atoms. The summed E-state index contributed by atoms with van der Waals surface area (Å²) in [4.78, 5) is 102. The summed E-state index contributed by atoms with van der Waals surface area (Å²) in [6.45, 7) is 4.08. The predicted molar refractivity (Wildman–Crippen MR) is 237 cm³/mol. The molecule has 0 amide bonds. The fourth-order valence-corrected chi connectivity index (χ4v) is 4.70. The van der Waals surface area contributed by atoms with E-state index >= 15 is 0 Å². The van der Waals surface area contributed by atoms with Crippen molar-refractivity contribution < 1.29 is 64.0 Å². The molecule has 0 saturated carbocycles. The third-order valence-electron chi connectivity index (χ3n) is 7.51. The van der Waals surface area contributed by atoms with E-state index in [4.69, 9.17) is 40.9 Å². The average molecular weight is 1120 g/mol. The number of halogens is 3. The van der Waals surface area contributed by atoms with Crippen molar-refractivity contribution in [2.24, 2.45) is 28.2 Å². The smallest absolute Gasteiger partial charge is 0.333 e. The lowest BCUT2D eigenvalue weighted by molar-refractivity contribution is -0.870. The predicted octanol–water partition coefficient (Wildman–Crippen LogP) is -2.73. The van der Waals surface area contributed by atoms with E-state index in [1.54, 1.807) is 14.1 Å². The molecule has 0 atom stereocenters. The Morgan fingerprint density at radius 1 is 0.603 bits per heavy atom. The molecular formula is C33H59Br3N11O15P. The van der Waals surface area contributed by atoms with E-state index in [9.17, 15) is 28.8 Å². The number of fused-ring (bicyclic) bond motifs is 2. The third kappa shape index (κ3) is 25.6. The van der Waals surface area contributed by atoms with Crippen LogP contribution in [-0.2, 0) is 66.9 Å². The van der Waals surface area contributed by atoms with Gasteiger partial charge in [-0.2, -0.15) is 7.82 Å². The van der Waals surface area contributed by atoms with Gasteiger partial charge in [-0.1, -0.05) is 0 Å². The number of aliphatic carboxylic acids is 2. The summed E-state index contributed by atoms with van der Waals surface area (Å²) in [5.41, 5.74) is -1.79. The first kappa shape index (κ1) is 61.6. The molecule has 4 heterocycles. The number of nitrogens with zero attached hydrogens (tertiary/aromatic N) is 11. The molecule has 30 heteroatoms. The average Bonchev–Trinajstić information content (AvgIpc) is 3.72. The van der Waals surface area contributed by atoms with E-state index in [1.807, 2.05) is 0 Å². The van der Waals surface area contributed by atoms with Crippen LogP contribution in [0.25, 0.3) is 22.3 Å². The molecule has 0 bridgehead atoms. The van der Waals surface area contributed by atoms with Gasteiger partial charge in [-0.25, -0.2) is 28.7 Å². The van der Waals surface area contributed by atoms with Crippen LogP contribution in [0.3, 0.4) is 0 Å². The van der Waals surface area contributed by atoms with Gasteiger partial charge in [0.15, 0.2) is 22.3 Å². The normalized spacial score (nSPS) is 11.4. The number of rotatable bonds is 13. The van der Waals surface area contributed by atoms with Crippen molar-refractivity contribution in [2.75, 3.05) is 103 Å². The fourth-order valence-electron chi connectivity index (χ4n) is 4.27. The zero-order chi connectivity index (χ0) is 49.8. The zero-order valence-electron chi connectivity index (χ0n) is 37.5. The molecule has 0 spiro atoms. The number of carboxylic acids is 2. The highest BCUT2D eigenvalue weighted by atomic mass is 79.9. The van der Waals surface area contributed by atoms with Crippen molar-refractivity contribution in [3.63, 3.8) is 0 Å². The number of aromatic nitrogens is 8. The van der Waals surface area contributed by atoms with Gasteiger partial charge in [-0.3, -0.25) is 28.3 Å². The van der Waals surface area contributed by atoms with Crippen molar-refractivity contribution in [1.82, 2.24) is 37.4 Å². The van der Waals surface area contributed by atoms with Crippen LogP contribution in [0.1, 0.15) is 0 Å². The van der Waals surface area contributed by atoms with Crippen molar-refractivity contribution in [3.05, 3.63) is 54.3 Å². The number of imidazole rings is 2. The first-order chi connectivity index (χ1) is 28.5. The van der Waals surface area contributed by atoms with Gasteiger partial charge >= 0.3 is 23.3 Å². The van der Waals surface area contributed by atoms with Crippen LogP contribution >= 0.6 is 56.6 Å². The summed E-state index contributed by atoms with van der Waals surface area (Å²) < 4.78 is 32.1. The summed E-state index contributed by atoms with van der Waals surface area (Å²) in [6, 6.07) is 0. The van der Waals surface area contributed by atoms with Crippen molar-refractivity contribution in [1.29, 1.82) is 0 Å². The second-order valence-electron chi connectivity index (χ2n) is 16.2. The lowest BCUT2D eigenvalue weighted by Crippen LogP contribution is -2.41. The largest absolute Gasteiger partial charge is 0.822 e.